The Hall–Kier alpha value is -8.50. The molecular formula is C54H50N8O18S4. The van der Waals surface area contributed by atoms with Crippen molar-refractivity contribution in [3.05, 3.63) is 156 Å². The first-order valence-corrected chi connectivity index (χ1v) is 29.6. The molecule has 0 aliphatic heterocycles. The van der Waals surface area contributed by atoms with Crippen LogP contribution in [-0.2, 0) is 49.2 Å². The van der Waals surface area contributed by atoms with E-state index in [4.69, 9.17) is 35.7 Å². The number of fused-ring (bicyclic) bond motifs is 2. The Morgan fingerprint density at radius 2 is 0.940 bits per heavy atom. The summed E-state index contributed by atoms with van der Waals surface area (Å²) in [5.74, 6) is -0.554. The van der Waals surface area contributed by atoms with Gasteiger partial charge in [0.2, 0.25) is 0 Å². The van der Waals surface area contributed by atoms with Crippen LogP contribution in [0.3, 0.4) is 0 Å². The number of nitrogens with one attached hydrogen (secondary N) is 2. The maximum atomic E-state index is 13.3. The fourth-order valence-electron chi connectivity index (χ4n) is 8.00. The molecule has 30 heteroatoms. The smallest absolute Gasteiger partial charge is 0.295 e. The van der Waals surface area contributed by atoms with Crippen molar-refractivity contribution in [3.63, 3.8) is 0 Å². The number of azo groups is 2. The Labute approximate surface area is 483 Å². The molecule has 0 spiro atoms. The van der Waals surface area contributed by atoms with E-state index in [1.807, 2.05) is 0 Å². The van der Waals surface area contributed by atoms with Gasteiger partial charge in [0.05, 0.1) is 77.5 Å². The lowest BCUT2D eigenvalue weighted by Crippen LogP contribution is -2.16. The van der Waals surface area contributed by atoms with Crippen molar-refractivity contribution in [2.24, 2.45) is 20.5 Å². The summed E-state index contributed by atoms with van der Waals surface area (Å²) < 4.78 is 131. The Morgan fingerprint density at radius 3 is 1.37 bits per heavy atom. The standard InChI is InChI=1S/C54H50N8O18S4/c1-31-21-47(57-53(63)33-3-9-37(55)10-4-33)49(29-45(31)61-59-39-13-7-35-23-41(81-80-79-65)27-51(43(35)25-39)83(69,70)71)77-19-17-75-15-16-76-18-20-78-50-30-46(32(2)22-48(50)58-54(64)34-5-11-38(56)12-6-34)62-60-40-14-8-36-24-42(82(66,67)68)28-52(44(36)26-40)84(72,73)74/h3-14,21-30,65H,15-20,55-56H2,1-2H3,(H,57,63)(H,58,64)(H,66,67,68)(H,69,70,71)(H,72,73,74). The maximum absolute atomic E-state index is 13.3. The lowest BCUT2D eigenvalue weighted by molar-refractivity contribution is -0.432. The summed E-state index contributed by atoms with van der Waals surface area (Å²) in [5, 5.41) is 35.6. The number of aryl methyl sites for hydroxylation is 2. The van der Waals surface area contributed by atoms with Crippen molar-refractivity contribution in [2.45, 2.75) is 33.4 Å². The fraction of sp³-hybridized carbons (Fsp3) is 0.148. The van der Waals surface area contributed by atoms with Crippen molar-refractivity contribution >= 4 is 121 Å². The van der Waals surface area contributed by atoms with Crippen LogP contribution >= 0.6 is 12.0 Å². The molecule has 26 nitrogen and oxygen atoms in total. The molecule has 0 saturated carbocycles. The molecule has 84 heavy (non-hydrogen) atoms. The number of rotatable bonds is 25. The maximum Gasteiger partial charge on any atom is 0.295 e. The molecule has 0 saturated heterocycles. The van der Waals surface area contributed by atoms with Gasteiger partial charge in [0.1, 0.15) is 34.5 Å². The number of nitrogens with two attached hydrogens (primary N) is 2. The topological polar surface area (TPSA) is 398 Å². The fourth-order valence-corrected chi connectivity index (χ4v) is 10.6. The monoisotopic (exact) mass is 1230 g/mol. The summed E-state index contributed by atoms with van der Waals surface area (Å²) >= 11 is 0.510. The van der Waals surface area contributed by atoms with E-state index < -0.39 is 56.9 Å². The molecule has 0 radical (unpaired) electrons. The Balaban J connectivity index is 0.914. The van der Waals surface area contributed by atoms with Crippen LogP contribution in [0.5, 0.6) is 11.5 Å². The number of hydrogen-bond donors (Lipinski definition) is 8. The first-order valence-electron chi connectivity index (χ1n) is 24.5. The van der Waals surface area contributed by atoms with Gasteiger partial charge in [-0.15, -0.1) is 4.33 Å². The largest absolute Gasteiger partial charge is 0.489 e. The van der Waals surface area contributed by atoms with Gasteiger partial charge in [0.15, 0.2) is 0 Å². The number of amides is 2. The van der Waals surface area contributed by atoms with Crippen molar-refractivity contribution in [2.75, 3.05) is 61.7 Å². The van der Waals surface area contributed by atoms with Gasteiger partial charge >= 0.3 is 0 Å². The Bertz CT molecular complexity index is 4210. The third-order valence-electron chi connectivity index (χ3n) is 12.1. The zero-order valence-electron chi connectivity index (χ0n) is 44.0. The average molecular weight is 1230 g/mol. The van der Waals surface area contributed by atoms with Gasteiger partial charge in [-0.2, -0.15) is 45.7 Å². The first kappa shape index (κ1) is 61.6. The molecule has 0 heterocycles. The number of ether oxygens (including phenoxy) is 4. The number of carbonyl (C=O) groups excluding carboxylic acids is 2. The molecule has 0 fully saturated rings. The highest BCUT2D eigenvalue weighted by molar-refractivity contribution is 7.94. The molecule has 0 aliphatic rings. The summed E-state index contributed by atoms with van der Waals surface area (Å²) in [6, 6.07) is 31.7. The molecule has 0 aliphatic carbocycles. The van der Waals surface area contributed by atoms with E-state index in [-0.39, 0.29) is 94.9 Å². The molecule has 10 N–H and O–H groups in total. The van der Waals surface area contributed by atoms with Crippen LogP contribution in [0.25, 0.3) is 21.5 Å². The lowest BCUT2D eigenvalue weighted by atomic mass is 10.1. The number of nitrogen functional groups attached to an aromatic ring is 2. The average Bonchev–Trinajstić information content (AvgIpc) is 1.98. The summed E-state index contributed by atoms with van der Waals surface area (Å²) in [6.07, 6.45) is 0. The summed E-state index contributed by atoms with van der Waals surface area (Å²) in [6.45, 7) is 3.75. The predicted octanol–water partition coefficient (Wildman–Crippen LogP) is 10.8. The second kappa shape index (κ2) is 26.8. The number of nitrogens with zero attached hydrogens (tertiary/aromatic N) is 4. The lowest BCUT2D eigenvalue weighted by Gasteiger charge is -2.16. The number of anilines is 4. The van der Waals surface area contributed by atoms with Crippen LogP contribution in [0.2, 0.25) is 0 Å². The Morgan fingerprint density at radius 1 is 0.512 bits per heavy atom. The predicted molar refractivity (Wildman–Crippen MR) is 309 cm³/mol. The van der Waals surface area contributed by atoms with Crippen LogP contribution in [0.4, 0.5) is 45.5 Å². The van der Waals surface area contributed by atoms with E-state index in [0.29, 0.717) is 68.5 Å². The molecule has 8 aromatic rings. The van der Waals surface area contributed by atoms with Crippen molar-refractivity contribution in [1.82, 2.24) is 0 Å². The van der Waals surface area contributed by atoms with E-state index >= 15 is 0 Å². The van der Waals surface area contributed by atoms with Crippen molar-refractivity contribution < 1.29 is 82.1 Å². The summed E-state index contributed by atoms with van der Waals surface area (Å²) in [5.41, 5.74) is 15.8. The van der Waals surface area contributed by atoms with Crippen LogP contribution < -0.4 is 31.6 Å². The summed E-state index contributed by atoms with van der Waals surface area (Å²) in [7, 11) is -14.6. The highest BCUT2D eigenvalue weighted by Gasteiger charge is 2.22. The third-order valence-corrected chi connectivity index (χ3v) is 15.3. The molecule has 0 atom stereocenters. The highest BCUT2D eigenvalue weighted by atomic mass is 32.2. The quantitative estimate of drug-likeness (QED) is 0.00501. The second-order valence-electron chi connectivity index (χ2n) is 18.0. The molecule has 8 rings (SSSR count). The minimum absolute atomic E-state index is 0.00531. The van der Waals surface area contributed by atoms with Crippen LogP contribution in [-0.4, -0.2) is 95.6 Å². The zero-order valence-corrected chi connectivity index (χ0v) is 47.3. The van der Waals surface area contributed by atoms with E-state index in [1.54, 1.807) is 92.7 Å². The van der Waals surface area contributed by atoms with Gasteiger partial charge in [-0.1, -0.05) is 17.2 Å². The normalized spacial score (nSPS) is 12.1. The van der Waals surface area contributed by atoms with E-state index in [2.05, 4.69) is 40.5 Å². The number of hydrogen-bond acceptors (Lipinski definition) is 22. The number of carbonyl (C=O) groups is 2. The van der Waals surface area contributed by atoms with E-state index in [1.165, 1.54) is 36.4 Å². The molecule has 8 aromatic carbocycles. The highest BCUT2D eigenvalue weighted by Crippen LogP contribution is 2.39. The zero-order chi connectivity index (χ0) is 60.3. The number of benzene rings is 8. The molecule has 2 amide bonds. The molecule has 438 valence electrons. The molecule has 0 bridgehead atoms. The van der Waals surface area contributed by atoms with Crippen molar-refractivity contribution in [3.8, 4) is 11.5 Å². The summed E-state index contributed by atoms with van der Waals surface area (Å²) in [4.78, 5) is 24.9. The van der Waals surface area contributed by atoms with Gasteiger partial charge in [-0.05, 0) is 145 Å². The molecular weight excluding hydrogens is 1180 g/mol. The van der Waals surface area contributed by atoms with Gasteiger partial charge < -0.3 is 41.0 Å². The van der Waals surface area contributed by atoms with Gasteiger partial charge in [-0.25, -0.2) is 5.26 Å². The first-order chi connectivity index (χ1) is 39.9. The Kier molecular flexibility index (Phi) is 19.7. The van der Waals surface area contributed by atoms with Crippen molar-refractivity contribution in [1.29, 1.82) is 0 Å². The molecule has 0 aromatic heterocycles. The SMILES string of the molecule is Cc1cc(NC(=O)c2ccc(N)cc2)c(OCCOCCOCCOc2cc(N=Nc3ccc4cc(S(=O)(=O)O)cc(S(=O)(=O)O)c4c3)c(C)cc2NC(=O)c2ccc(N)cc2)cc1N=Nc1ccc2cc(SOOO)cc(S(=O)(=O)O)c2c1. The van der Waals surface area contributed by atoms with Gasteiger partial charge in [0.25, 0.3) is 42.2 Å². The minimum Gasteiger partial charge on any atom is -0.489 e. The van der Waals surface area contributed by atoms with Crippen LogP contribution in [0.15, 0.2) is 173 Å². The van der Waals surface area contributed by atoms with Crippen LogP contribution in [0, 0.1) is 13.8 Å². The van der Waals surface area contributed by atoms with E-state index in [0.717, 1.165) is 12.1 Å². The van der Waals surface area contributed by atoms with Gasteiger partial charge in [0, 0.05) is 50.3 Å². The van der Waals surface area contributed by atoms with Crippen LogP contribution in [0.1, 0.15) is 31.8 Å². The third kappa shape index (κ3) is 16.2. The molecule has 0 unspecified atom stereocenters. The van der Waals surface area contributed by atoms with Gasteiger partial charge in [-0.3, -0.25) is 23.2 Å². The minimum atomic E-state index is -4.97. The van der Waals surface area contributed by atoms with E-state index in [9.17, 15) is 48.5 Å². The second-order valence-corrected chi connectivity index (χ2v) is 23.0.